The van der Waals surface area contributed by atoms with Gasteiger partial charge in [0.05, 0.1) is 13.1 Å². The van der Waals surface area contributed by atoms with E-state index in [1.165, 1.54) is 13.8 Å². The summed E-state index contributed by atoms with van der Waals surface area (Å²) in [6, 6.07) is 22.7. The van der Waals surface area contributed by atoms with Gasteiger partial charge >= 0.3 is 24.1 Å². The first-order chi connectivity index (χ1) is 25.9. The van der Waals surface area contributed by atoms with Gasteiger partial charge in [0.15, 0.2) is 0 Å². The predicted molar refractivity (Wildman–Crippen MR) is 200 cm³/mol. The molecule has 4 N–H and O–H groups in total. The number of hydrogen-bond acceptors (Lipinski definition) is 12. The predicted octanol–water partition coefficient (Wildman–Crippen LogP) is 4.83. The molecular formula is C40H44N2O12. The highest BCUT2D eigenvalue weighted by Crippen LogP contribution is 2.45. The fourth-order valence-electron chi connectivity index (χ4n) is 5.01. The zero-order valence-corrected chi connectivity index (χ0v) is 30.1. The number of benzene rings is 4. The minimum absolute atomic E-state index is 0.0100. The molecular weight excluding hydrogens is 700 g/mol. The number of esters is 2. The second kappa shape index (κ2) is 20.2. The van der Waals surface area contributed by atoms with Crippen molar-refractivity contribution in [3.8, 4) is 22.6 Å². The van der Waals surface area contributed by atoms with E-state index in [1.807, 2.05) is 60.7 Å². The highest BCUT2D eigenvalue weighted by atomic mass is 16.6. The SMILES string of the molecule is C=C(C)C(=O)OCCNC(=O)OCC(O)COc1ccc2ccccc2c1-c1c(OCC(O)COC(=O)NCCOC(=O)C(=C)C)ccc2ccccc12. The summed E-state index contributed by atoms with van der Waals surface area (Å²) < 4.78 is 32.4. The van der Waals surface area contributed by atoms with Crippen LogP contribution in [0.1, 0.15) is 13.8 Å². The molecule has 2 atom stereocenters. The molecule has 4 aromatic rings. The highest BCUT2D eigenvalue weighted by Gasteiger charge is 2.21. The van der Waals surface area contributed by atoms with Crippen LogP contribution in [-0.2, 0) is 28.5 Å². The van der Waals surface area contributed by atoms with Gasteiger partial charge in [0.25, 0.3) is 0 Å². The molecule has 286 valence electrons. The van der Waals surface area contributed by atoms with Gasteiger partial charge in [0.1, 0.15) is 63.3 Å². The van der Waals surface area contributed by atoms with E-state index in [0.717, 1.165) is 21.5 Å². The molecule has 2 amide bonds. The Bertz CT molecular complexity index is 1840. The highest BCUT2D eigenvalue weighted by molar-refractivity contribution is 6.09. The van der Waals surface area contributed by atoms with Crippen LogP contribution in [0.2, 0.25) is 0 Å². The molecule has 0 aromatic heterocycles. The third kappa shape index (κ3) is 12.0. The minimum atomic E-state index is -1.20. The van der Waals surface area contributed by atoms with Crippen molar-refractivity contribution in [2.24, 2.45) is 0 Å². The van der Waals surface area contributed by atoms with Crippen LogP contribution in [0.5, 0.6) is 11.5 Å². The number of fused-ring (bicyclic) bond motifs is 2. The number of carbonyl (C=O) groups excluding carboxylic acids is 4. The topological polar surface area (TPSA) is 188 Å². The number of ether oxygens (including phenoxy) is 6. The molecule has 2 unspecified atom stereocenters. The lowest BCUT2D eigenvalue weighted by Crippen LogP contribution is -2.32. The third-order valence-corrected chi connectivity index (χ3v) is 7.61. The number of carbonyl (C=O) groups is 4. The summed E-state index contributed by atoms with van der Waals surface area (Å²) in [5, 5.41) is 29.7. The molecule has 4 aromatic carbocycles. The Morgan fingerprint density at radius 2 is 0.963 bits per heavy atom. The molecule has 0 fully saturated rings. The van der Waals surface area contributed by atoms with Crippen LogP contribution >= 0.6 is 0 Å². The quantitative estimate of drug-likeness (QED) is 0.0444. The van der Waals surface area contributed by atoms with Gasteiger partial charge in [-0.05, 0) is 47.5 Å². The van der Waals surface area contributed by atoms with Crippen LogP contribution < -0.4 is 20.1 Å². The van der Waals surface area contributed by atoms with E-state index < -0.39 is 36.3 Å². The van der Waals surface area contributed by atoms with Crippen molar-refractivity contribution in [1.29, 1.82) is 0 Å². The Hall–Kier alpha value is -6.12. The molecule has 14 heteroatoms. The fraction of sp³-hybridized carbons (Fsp3) is 0.300. The van der Waals surface area contributed by atoms with Gasteiger partial charge in [-0.2, -0.15) is 0 Å². The zero-order valence-electron chi connectivity index (χ0n) is 30.1. The summed E-state index contributed by atoms with van der Waals surface area (Å²) in [4.78, 5) is 47.1. The maximum absolute atomic E-state index is 12.1. The second-order valence-electron chi connectivity index (χ2n) is 12.1. The second-order valence-corrected chi connectivity index (χ2v) is 12.1. The summed E-state index contributed by atoms with van der Waals surface area (Å²) in [6.45, 7) is 8.66. The van der Waals surface area contributed by atoms with Gasteiger partial charge in [-0.25, -0.2) is 19.2 Å². The zero-order chi connectivity index (χ0) is 39.0. The first-order valence-corrected chi connectivity index (χ1v) is 17.1. The van der Waals surface area contributed by atoms with Gasteiger partial charge in [0, 0.05) is 22.3 Å². The van der Waals surface area contributed by atoms with Crippen molar-refractivity contribution in [3.05, 3.63) is 97.1 Å². The molecule has 0 radical (unpaired) electrons. The average Bonchev–Trinajstić information content (AvgIpc) is 3.17. The molecule has 0 bridgehead atoms. The number of aliphatic hydroxyl groups excluding tert-OH is 2. The maximum Gasteiger partial charge on any atom is 0.407 e. The van der Waals surface area contributed by atoms with Gasteiger partial charge < -0.3 is 49.3 Å². The van der Waals surface area contributed by atoms with E-state index >= 15 is 0 Å². The minimum Gasteiger partial charge on any atom is -0.490 e. The number of hydrogen-bond donors (Lipinski definition) is 4. The normalized spacial score (nSPS) is 11.9. The molecule has 0 saturated heterocycles. The van der Waals surface area contributed by atoms with Crippen molar-refractivity contribution in [3.63, 3.8) is 0 Å². The molecule has 0 saturated carbocycles. The van der Waals surface area contributed by atoms with Crippen molar-refractivity contribution in [2.75, 3.05) is 52.7 Å². The summed E-state index contributed by atoms with van der Waals surface area (Å²) in [5.41, 5.74) is 1.79. The molecule has 54 heavy (non-hydrogen) atoms. The van der Waals surface area contributed by atoms with E-state index in [9.17, 15) is 29.4 Å². The number of rotatable bonds is 19. The standard InChI is InChI=1S/C40H44N2O12/c1-25(2)37(45)49-19-17-41-39(47)53-23-29(43)21-51-33-15-13-27-9-5-7-11-31(27)35(33)36-32-12-8-6-10-28(32)14-16-34(36)52-22-30(44)24-54-40(48)42-18-20-50-38(46)26(3)4/h5-16,29-30,43-44H,1,3,17-24H2,2,4H3,(H,41,47)(H,42,48). The van der Waals surface area contributed by atoms with E-state index in [-0.39, 0.29) is 63.9 Å². The molecule has 0 aliphatic carbocycles. The monoisotopic (exact) mass is 744 g/mol. The van der Waals surface area contributed by atoms with Gasteiger partial charge in [-0.1, -0.05) is 73.8 Å². The lowest BCUT2D eigenvalue weighted by molar-refractivity contribution is -0.139. The van der Waals surface area contributed by atoms with Crippen LogP contribution in [0.4, 0.5) is 9.59 Å². The first kappa shape index (κ1) is 40.6. The molecule has 0 aliphatic heterocycles. The van der Waals surface area contributed by atoms with E-state index in [4.69, 9.17) is 28.4 Å². The summed E-state index contributed by atoms with van der Waals surface area (Å²) >= 11 is 0. The Labute approximate surface area is 312 Å². The van der Waals surface area contributed by atoms with Crippen molar-refractivity contribution < 1.29 is 57.8 Å². The summed E-state index contributed by atoms with van der Waals surface area (Å²) in [5.74, 6) is -0.327. The van der Waals surface area contributed by atoms with Gasteiger partial charge in [-0.15, -0.1) is 0 Å². The largest absolute Gasteiger partial charge is 0.490 e. The summed E-state index contributed by atoms with van der Waals surface area (Å²) in [6.07, 6.45) is -4.00. The Morgan fingerprint density at radius 3 is 1.35 bits per heavy atom. The number of aliphatic hydroxyl groups is 2. The Balaban J connectivity index is 1.45. The Kier molecular flexibility index (Phi) is 15.2. The summed E-state index contributed by atoms with van der Waals surface area (Å²) in [7, 11) is 0. The van der Waals surface area contributed by atoms with Crippen LogP contribution in [0.25, 0.3) is 32.7 Å². The lowest BCUT2D eigenvalue weighted by atomic mass is 9.92. The van der Waals surface area contributed by atoms with E-state index in [0.29, 0.717) is 22.6 Å². The van der Waals surface area contributed by atoms with Crippen LogP contribution in [0.3, 0.4) is 0 Å². The van der Waals surface area contributed by atoms with Crippen LogP contribution in [0.15, 0.2) is 97.1 Å². The van der Waals surface area contributed by atoms with Crippen molar-refractivity contribution in [2.45, 2.75) is 26.1 Å². The van der Waals surface area contributed by atoms with Crippen molar-refractivity contribution in [1.82, 2.24) is 10.6 Å². The maximum atomic E-state index is 12.1. The first-order valence-electron chi connectivity index (χ1n) is 17.1. The van der Waals surface area contributed by atoms with Crippen LogP contribution in [0, 0.1) is 0 Å². The van der Waals surface area contributed by atoms with Gasteiger partial charge in [0.2, 0.25) is 0 Å². The lowest BCUT2D eigenvalue weighted by Gasteiger charge is -2.21. The molecule has 4 rings (SSSR count). The number of nitrogens with one attached hydrogen (secondary N) is 2. The molecule has 0 aliphatic rings. The van der Waals surface area contributed by atoms with E-state index in [1.54, 1.807) is 12.1 Å². The smallest absolute Gasteiger partial charge is 0.407 e. The number of amides is 2. The number of alkyl carbamates (subject to hydrolysis) is 2. The average molecular weight is 745 g/mol. The Morgan fingerprint density at radius 1 is 0.574 bits per heavy atom. The van der Waals surface area contributed by atoms with E-state index in [2.05, 4.69) is 23.8 Å². The molecule has 0 heterocycles. The van der Waals surface area contributed by atoms with Gasteiger partial charge in [-0.3, -0.25) is 0 Å². The molecule has 0 spiro atoms. The van der Waals surface area contributed by atoms with Crippen LogP contribution in [-0.4, -0.2) is 99.3 Å². The van der Waals surface area contributed by atoms with Crippen molar-refractivity contribution >= 4 is 45.7 Å². The fourth-order valence-corrected chi connectivity index (χ4v) is 5.01. The molecule has 14 nitrogen and oxygen atoms in total. The third-order valence-electron chi connectivity index (χ3n) is 7.61.